The van der Waals surface area contributed by atoms with E-state index >= 15 is 0 Å². The van der Waals surface area contributed by atoms with Gasteiger partial charge in [0.15, 0.2) is 11.5 Å². The van der Waals surface area contributed by atoms with Gasteiger partial charge in [0.05, 0.1) is 13.0 Å². The molecule has 1 saturated heterocycles. The number of likely N-dealkylation sites (tertiary alicyclic amines) is 1. The minimum absolute atomic E-state index is 0.0775. The maximum Gasteiger partial charge on any atom is 0.232 e. The second-order valence-electron chi connectivity index (χ2n) is 7.05. The predicted molar refractivity (Wildman–Crippen MR) is 102 cm³/mol. The smallest absolute Gasteiger partial charge is 0.232 e. The highest BCUT2D eigenvalue weighted by molar-refractivity contribution is 5.79. The molecule has 2 aliphatic heterocycles. The van der Waals surface area contributed by atoms with Gasteiger partial charge in [-0.1, -0.05) is 17.3 Å². The fourth-order valence-electron chi connectivity index (χ4n) is 3.60. The molecule has 0 spiro atoms. The topological polar surface area (TPSA) is 86.9 Å². The molecule has 1 unspecified atom stereocenters. The molecule has 0 saturated carbocycles. The Morgan fingerprint density at radius 2 is 1.97 bits per heavy atom. The number of carbonyl (C=O) groups is 1. The summed E-state index contributed by atoms with van der Waals surface area (Å²) in [7, 11) is 1.63. The second-order valence-corrected chi connectivity index (χ2v) is 7.05. The Morgan fingerprint density at radius 3 is 2.79 bits per heavy atom. The summed E-state index contributed by atoms with van der Waals surface area (Å²) >= 11 is 0. The molecule has 0 aliphatic carbocycles. The summed E-state index contributed by atoms with van der Waals surface area (Å²) in [5.74, 6) is 3.07. The van der Waals surface area contributed by atoms with Gasteiger partial charge in [0, 0.05) is 25.1 Å². The average Bonchev–Trinajstić information content (AvgIpc) is 3.48. The molecule has 8 nitrogen and oxygen atoms in total. The SMILES string of the molecule is COc1ccc(CN2CC(c3nc(-c4ccc5c(c4)OCO5)no3)CC2=O)cc1. The average molecular weight is 393 g/mol. The van der Waals surface area contributed by atoms with E-state index in [9.17, 15) is 4.79 Å². The molecule has 0 N–H and O–H groups in total. The van der Waals surface area contributed by atoms with Gasteiger partial charge in [-0.3, -0.25) is 4.79 Å². The normalized spacial score (nSPS) is 17.8. The quantitative estimate of drug-likeness (QED) is 0.658. The Morgan fingerprint density at radius 1 is 1.14 bits per heavy atom. The Bertz CT molecular complexity index is 1050. The van der Waals surface area contributed by atoms with Crippen LogP contribution < -0.4 is 14.2 Å². The molecule has 29 heavy (non-hydrogen) atoms. The first-order valence-corrected chi connectivity index (χ1v) is 9.34. The summed E-state index contributed by atoms with van der Waals surface area (Å²) < 4.78 is 21.4. The summed E-state index contributed by atoms with van der Waals surface area (Å²) in [5.41, 5.74) is 1.83. The number of aromatic nitrogens is 2. The van der Waals surface area contributed by atoms with Crippen LogP contribution in [0.3, 0.4) is 0 Å². The highest BCUT2D eigenvalue weighted by Crippen LogP contribution is 2.36. The van der Waals surface area contributed by atoms with E-state index in [0.717, 1.165) is 16.9 Å². The predicted octanol–water partition coefficient (Wildman–Crippen LogP) is 2.99. The highest BCUT2D eigenvalue weighted by Gasteiger charge is 2.34. The molecular formula is C21H19N3O5. The van der Waals surface area contributed by atoms with Gasteiger partial charge in [-0.25, -0.2) is 0 Å². The van der Waals surface area contributed by atoms with Crippen LogP contribution in [0.25, 0.3) is 11.4 Å². The monoisotopic (exact) mass is 393 g/mol. The third-order valence-electron chi connectivity index (χ3n) is 5.17. The zero-order chi connectivity index (χ0) is 19.8. The van der Waals surface area contributed by atoms with Crippen LogP contribution in [0.4, 0.5) is 0 Å². The van der Waals surface area contributed by atoms with Crippen LogP contribution in [0.1, 0.15) is 23.8 Å². The van der Waals surface area contributed by atoms with Crippen molar-refractivity contribution in [2.45, 2.75) is 18.9 Å². The number of hydrogen-bond acceptors (Lipinski definition) is 7. The van der Waals surface area contributed by atoms with Crippen molar-refractivity contribution < 1.29 is 23.5 Å². The molecule has 1 atom stereocenters. The molecule has 1 aromatic heterocycles. The number of benzene rings is 2. The number of fused-ring (bicyclic) bond motifs is 1. The van der Waals surface area contributed by atoms with Crippen LogP contribution in [0.15, 0.2) is 47.0 Å². The van der Waals surface area contributed by atoms with Crippen LogP contribution in [0.5, 0.6) is 17.2 Å². The van der Waals surface area contributed by atoms with Gasteiger partial charge in [-0.2, -0.15) is 4.98 Å². The van der Waals surface area contributed by atoms with Crippen molar-refractivity contribution in [1.29, 1.82) is 0 Å². The Labute approximate surface area is 167 Å². The molecule has 1 amide bonds. The van der Waals surface area contributed by atoms with Gasteiger partial charge < -0.3 is 23.6 Å². The second kappa shape index (κ2) is 7.12. The lowest BCUT2D eigenvalue weighted by Crippen LogP contribution is -2.24. The highest BCUT2D eigenvalue weighted by atomic mass is 16.7. The van der Waals surface area contributed by atoms with Crippen molar-refractivity contribution in [3.8, 4) is 28.6 Å². The van der Waals surface area contributed by atoms with E-state index < -0.39 is 0 Å². The number of carbonyl (C=O) groups excluding carboxylic acids is 1. The van der Waals surface area contributed by atoms with Gasteiger partial charge >= 0.3 is 0 Å². The van der Waals surface area contributed by atoms with E-state index in [0.29, 0.717) is 42.7 Å². The zero-order valence-electron chi connectivity index (χ0n) is 15.8. The number of rotatable bonds is 5. The summed E-state index contributed by atoms with van der Waals surface area (Å²) in [6.45, 7) is 1.31. The minimum Gasteiger partial charge on any atom is -0.497 e. The number of hydrogen-bond donors (Lipinski definition) is 0. The maximum atomic E-state index is 12.5. The number of ether oxygens (including phenoxy) is 3. The maximum absolute atomic E-state index is 12.5. The van der Waals surface area contributed by atoms with E-state index in [1.54, 1.807) is 7.11 Å². The minimum atomic E-state index is -0.115. The molecule has 3 aromatic rings. The Balaban J connectivity index is 1.29. The third kappa shape index (κ3) is 3.37. The zero-order valence-corrected chi connectivity index (χ0v) is 15.8. The van der Waals surface area contributed by atoms with Crippen molar-refractivity contribution >= 4 is 5.91 Å². The first kappa shape index (κ1) is 17.5. The van der Waals surface area contributed by atoms with Gasteiger partial charge in [-0.15, -0.1) is 0 Å². The fraction of sp³-hybridized carbons (Fsp3) is 0.286. The van der Waals surface area contributed by atoms with Crippen LogP contribution in [0, 0.1) is 0 Å². The van der Waals surface area contributed by atoms with Crippen LogP contribution in [-0.2, 0) is 11.3 Å². The van der Waals surface area contributed by atoms with E-state index in [1.165, 1.54) is 0 Å². The summed E-state index contributed by atoms with van der Waals surface area (Å²) in [6, 6.07) is 13.2. The molecule has 5 rings (SSSR count). The van der Waals surface area contributed by atoms with Crippen molar-refractivity contribution in [2.24, 2.45) is 0 Å². The summed E-state index contributed by atoms with van der Waals surface area (Å²) in [4.78, 5) is 18.8. The molecule has 2 aliphatic rings. The Hall–Kier alpha value is -3.55. The van der Waals surface area contributed by atoms with Crippen molar-refractivity contribution in [2.75, 3.05) is 20.4 Å². The lowest BCUT2D eigenvalue weighted by atomic mass is 10.1. The van der Waals surface area contributed by atoms with Crippen LogP contribution in [-0.4, -0.2) is 41.4 Å². The largest absolute Gasteiger partial charge is 0.497 e. The van der Waals surface area contributed by atoms with Crippen LogP contribution >= 0.6 is 0 Å². The Kier molecular flexibility index (Phi) is 4.31. The molecule has 2 aromatic carbocycles. The van der Waals surface area contributed by atoms with E-state index in [2.05, 4.69) is 10.1 Å². The van der Waals surface area contributed by atoms with Crippen molar-refractivity contribution in [3.63, 3.8) is 0 Å². The summed E-state index contributed by atoms with van der Waals surface area (Å²) in [5, 5.41) is 4.08. The van der Waals surface area contributed by atoms with E-state index in [-0.39, 0.29) is 18.6 Å². The summed E-state index contributed by atoms with van der Waals surface area (Å²) in [6.07, 6.45) is 0.360. The third-order valence-corrected chi connectivity index (χ3v) is 5.17. The van der Waals surface area contributed by atoms with Gasteiger partial charge in [-0.05, 0) is 35.9 Å². The van der Waals surface area contributed by atoms with Crippen LogP contribution in [0.2, 0.25) is 0 Å². The number of amides is 1. The fourth-order valence-corrected chi connectivity index (χ4v) is 3.60. The molecule has 0 bridgehead atoms. The van der Waals surface area contributed by atoms with Gasteiger partial charge in [0.2, 0.25) is 24.4 Å². The molecular weight excluding hydrogens is 374 g/mol. The van der Waals surface area contributed by atoms with E-state index in [1.807, 2.05) is 47.4 Å². The molecule has 3 heterocycles. The molecule has 0 radical (unpaired) electrons. The molecule has 148 valence electrons. The number of nitrogens with zero attached hydrogens (tertiary/aromatic N) is 3. The van der Waals surface area contributed by atoms with E-state index in [4.69, 9.17) is 18.7 Å². The number of methoxy groups -OCH3 is 1. The van der Waals surface area contributed by atoms with Gasteiger partial charge in [0.25, 0.3) is 0 Å². The van der Waals surface area contributed by atoms with Crippen molar-refractivity contribution in [3.05, 3.63) is 53.9 Å². The first-order chi connectivity index (χ1) is 14.2. The lowest BCUT2D eigenvalue weighted by molar-refractivity contribution is -0.128. The molecule has 1 fully saturated rings. The van der Waals surface area contributed by atoms with Gasteiger partial charge in [0.1, 0.15) is 5.75 Å². The lowest BCUT2D eigenvalue weighted by Gasteiger charge is -2.16. The molecule has 8 heteroatoms. The van der Waals surface area contributed by atoms with Crippen molar-refractivity contribution in [1.82, 2.24) is 15.0 Å². The first-order valence-electron chi connectivity index (χ1n) is 9.34. The standard InChI is InChI=1S/C21H19N3O5/c1-26-16-5-2-13(3-6-16)10-24-11-15(9-19(24)25)21-22-20(23-29-21)14-4-7-17-18(8-14)28-12-27-17/h2-8,15H,9-12H2,1H3.